The number of para-hydroxylation sites is 1. The van der Waals surface area contributed by atoms with E-state index in [1.807, 2.05) is 25.1 Å². The molecule has 0 aromatic heterocycles. The monoisotopic (exact) mass is 251 g/mol. The average Bonchev–Trinajstić information content (AvgIpc) is 2.83. The van der Waals surface area contributed by atoms with Crippen molar-refractivity contribution in [3.63, 3.8) is 0 Å². The molecular weight excluding hydrogens is 230 g/mol. The Balaban J connectivity index is 1.96. The smallest absolute Gasteiger partial charge is 0.178 e. The van der Waals surface area contributed by atoms with Gasteiger partial charge in [-0.25, -0.2) is 0 Å². The number of benzene rings is 1. The van der Waals surface area contributed by atoms with Gasteiger partial charge in [-0.1, -0.05) is 18.2 Å². The molecule has 1 atom stereocenters. The normalized spacial score (nSPS) is 19.7. The van der Waals surface area contributed by atoms with E-state index < -0.39 is 5.79 Å². The van der Waals surface area contributed by atoms with E-state index in [0.29, 0.717) is 19.8 Å². The van der Waals surface area contributed by atoms with Crippen LogP contribution >= 0.6 is 0 Å². The molecule has 1 aliphatic heterocycles. The number of hydrogen-bond donors (Lipinski definition) is 1. The molecule has 0 aliphatic carbocycles. The molecule has 0 radical (unpaired) electrons. The highest BCUT2D eigenvalue weighted by Gasteiger charge is 2.31. The lowest BCUT2D eigenvalue weighted by atomic mass is 10.1. The minimum atomic E-state index is -0.504. The van der Waals surface area contributed by atoms with Crippen LogP contribution in [0, 0.1) is 0 Å². The molecule has 100 valence electrons. The summed E-state index contributed by atoms with van der Waals surface area (Å²) < 4.78 is 16.5. The van der Waals surface area contributed by atoms with Crippen molar-refractivity contribution in [1.29, 1.82) is 0 Å². The van der Waals surface area contributed by atoms with Gasteiger partial charge in [0.25, 0.3) is 0 Å². The topological polar surface area (TPSA) is 39.7 Å². The maximum absolute atomic E-state index is 5.57. The lowest BCUT2D eigenvalue weighted by Crippen LogP contribution is -2.39. The van der Waals surface area contributed by atoms with E-state index >= 15 is 0 Å². The van der Waals surface area contributed by atoms with Crippen LogP contribution in [0.3, 0.4) is 0 Å². The Morgan fingerprint density at radius 3 is 2.67 bits per heavy atom. The lowest BCUT2D eigenvalue weighted by Gasteiger charge is -2.25. The van der Waals surface area contributed by atoms with Gasteiger partial charge in [0, 0.05) is 18.2 Å². The molecule has 1 aliphatic rings. The van der Waals surface area contributed by atoms with Crippen LogP contribution in [0.2, 0.25) is 0 Å². The van der Waals surface area contributed by atoms with Crippen LogP contribution in [0.5, 0.6) is 5.75 Å². The van der Waals surface area contributed by atoms with E-state index in [1.165, 1.54) is 0 Å². The Morgan fingerprint density at radius 2 is 2.00 bits per heavy atom. The highest BCUT2D eigenvalue weighted by molar-refractivity contribution is 5.35. The number of hydrogen-bond acceptors (Lipinski definition) is 4. The quantitative estimate of drug-likeness (QED) is 0.870. The lowest BCUT2D eigenvalue weighted by molar-refractivity contribution is -0.139. The van der Waals surface area contributed by atoms with Crippen molar-refractivity contribution >= 4 is 0 Å². The first kappa shape index (κ1) is 13.3. The average molecular weight is 251 g/mol. The van der Waals surface area contributed by atoms with Gasteiger partial charge < -0.3 is 19.5 Å². The first-order valence-corrected chi connectivity index (χ1v) is 6.29. The third kappa shape index (κ3) is 3.02. The van der Waals surface area contributed by atoms with Gasteiger partial charge in [0.2, 0.25) is 0 Å². The minimum Gasteiger partial charge on any atom is -0.496 e. The van der Waals surface area contributed by atoms with Crippen LogP contribution in [0.4, 0.5) is 0 Å². The first-order chi connectivity index (χ1) is 8.64. The Kier molecular flexibility index (Phi) is 4.22. The zero-order chi connectivity index (χ0) is 13.0. The summed E-state index contributed by atoms with van der Waals surface area (Å²) in [6.45, 7) is 6.06. The summed E-state index contributed by atoms with van der Waals surface area (Å²) in [6, 6.07) is 8.21. The van der Waals surface area contributed by atoms with Gasteiger partial charge >= 0.3 is 0 Å². The summed E-state index contributed by atoms with van der Waals surface area (Å²) in [5.41, 5.74) is 1.14. The van der Waals surface area contributed by atoms with Crippen LogP contribution in [0.1, 0.15) is 25.5 Å². The number of nitrogens with one attached hydrogen (secondary N) is 1. The Morgan fingerprint density at radius 1 is 1.33 bits per heavy atom. The second-order valence-corrected chi connectivity index (χ2v) is 4.68. The Hall–Kier alpha value is -1.10. The van der Waals surface area contributed by atoms with Crippen molar-refractivity contribution in [3.8, 4) is 5.75 Å². The molecule has 1 heterocycles. The van der Waals surface area contributed by atoms with Gasteiger partial charge in [-0.15, -0.1) is 0 Å². The first-order valence-electron chi connectivity index (χ1n) is 6.29. The van der Waals surface area contributed by atoms with E-state index in [0.717, 1.165) is 11.3 Å². The molecule has 1 aromatic carbocycles. The van der Waals surface area contributed by atoms with E-state index in [9.17, 15) is 0 Å². The fourth-order valence-electron chi connectivity index (χ4n) is 2.13. The summed E-state index contributed by atoms with van der Waals surface area (Å²) in [6.07, 6.45) is 0. The highest BCUT2D eigenvalue weighted by Crippen LogP contribution is 2.25. The van der Waals surface area contributed by atoms with Crippen LogP contribution in [0.25, 0.3) is 0 Å². The molecule has 18 heavy (non-hydrogen) atoms. The molecule has 4 heteroatoms. The SMILES string of the molecule is COc1ccccc1C(C)NCC1(C)OCCO1. The van der Waals surface area contributed by atoms with Crippen molar-refractivity contribution < 1.29 is 14.2 Å². The number of methoxy groups -OCH3 is 1. The molecule has 1 fully saturated rings. The molecule has 1 aromatic rings. The molecule has 0 amide bonds. The second-order valence-electron chi connectivity index (χ2n) is 4.68. The number of ether oxygens (including phenoxy) is 3. The molecule has 4 nitrogen and oxygen atoms in total. The van der Waals surface area contributed by atoms with Crippen molar-refractivity contribution in [3.05, 3.63) is 29.8 Å². The van der Waals surface area contributed by atoms with Crippen molar-refractivity contribution in [2.75, 3.05) is 26.9 Å². The molecule has 0 saturated carbocycles. The van der Waals surface area contributed by atoms with Crippen LogP contribution in [-0.4, -0.2) is 32.7 Å². The van der Waals surface area contributed by atoms with Gasteiger partial charge in [0.05, 0.1) is 20.3 Å². The van der Waals surface area contributed by atoms with E-state index in [4.69, 9.17) is 14.2 Å². The third-order valence-corrected chi connectivity index (χ3v) is 3.23. The summed E-state index contributed by atoms with van der Waals surface area (Å²) in [5.74, 6) is 0.395. The van der Waals surface area contributed by atoms with Crippen molar-refractivity contribution in [2.45, 2.75) is 25.7 Å². The zero-order valence-electron chi connectivity index (χ0n) is 11.2. The van der Waals surface area contributed by atoms with Gasteiger partial charge in [-0.3, -0.25) is 0 Å². The molecule has 1 saturated heterocycles. The van der Waals surface area contributed by atoms with Crippen LogP contribution in [-0.2, 0) is 9.47 Å². The number of rotatable bonds is 5. The molecule has 0 spiro atoms. The summed E-state index contributed by atoms with van der Waals surface area (Å²) in [4.78, 5) is 0. The molecule has 0 bridgehead atoms. The van der Waals surface area contributed by atoms with E-state index in [1.54, 1.807) is 7.11 Å². The van der Waals surface area contributed by atoms with E-state index in [-0.39, 0.29) is 6.04 Å². The standard InChI is InChI=1S/C14H21NO3/c1-11(12-6-4-5-7-13(12)16-3)15-10-14(2)17-8-9-18-14/h4-7,11,15H,8-10H2,1-3H3. The highest BCUT2D eigenvalue weighted by atomic mass is 16.7. The van der Waals surface area contributed by atoms with Gasteiger partial charge in [-0.05, 0) is 19.9 Å². The summed E-state index contributed by atoms with van der Waals surface area (Å²) >= 11 is 0. The zero-order valence-corrected chi connectivity index (χ0v) is 11.2. The Labute approximate surface area is 108 Å². The third-order valence-electron chi connectivity index (χ3n) is 3.23. The maximum atomic E-state index is 5.57. The summed E-state index contributed by atoms with van der Waals surface area (Å²) in [7, 11) is 1.69. The van der Waals surface area contributed by atoms with Crippen LogP contribution in [0.15, 0.2) is 24.3 Å². The van der Waals surface area contributed by atoms with Gasteiger partial charge in [0.15, 0.2) is 5.79 Å². The molecule has 2 rings (SSSR count). The molecule has 1 unspecified atom stereocenters. The predicted molar refractivity (Wildman–Crippen MR) is 69.7 cm³/mol. The van der Waals surface area contributed by atoms with Crippen molar-refractivity contribution in [1.82, 2.24) is 5.32 Å². The second kappa shape index (κ2) is 5.69. The Bertz CT molecular complexity index is 388. The molecule has 1 N–H and O–H groups in total. The van der Waals surface area contributed by atoms with Crippen molar-refractivity contribution in [2.24, 2.45) is 0 Å². The largest absolute Gasteiger partial charge is 0.496 e. The van der Waals surface area contributed by atoms with E-state index in [2.05, 4.69) is 18.3 Å². The minimum absolute atomic E-state index is 0.186. The maximum Gasteiger partial charge on any atom is 0.178 e. The fourth-order valence-corrected chi connectivity index (χ4v) is 2.13. The van der Waals surface area contributed by atoms with Gasteiger partial charge in [0.1, 0.15) is 5.75 Å². The molecular formula is C14H21NO3. The van der Waals surface area contributed by atoms with Gasteiger partial charge in [-0.2, -0.15) is 0 Å². The van der Waals surface area contributed by atoms with Crippen LogP contribution < -0.4 is 10.1 Å². The predicted octanol–water partition coefficient (Wildman–Crippen LogP) is 2.11. The fraction of sp³-hybridized carbons (Fsp3) is 0.571. The summed E-state index contributed by atoms with van der Waals surface area (Å²) in [5, 5.41) is 3.43.